The number of benzene rings is 2. The van der Waals surface area contributed by atoms with Crippen LogP contribution in [0.4, 0.5) is 14.9 Å². The molecular formula is C21H17FN2O5. The van der Waals surface area contributed by atoms with Gasteiger partial charge in [0.15, 0.2) is 11.5 Å². The summed E-state index contributed by atoms with van der Waals surface area (Å²) < 4.78 is 23.9. The second-order valence-corrected chi connectivity index (χ2v) is 5.94. The molecule has 1 aliphatic rings. The van der Waals surface area contributed by atoms with E-state index in [0.29, 0.717) is 17.1 Å². The Bertz CT molecular complexity index is 1010. The molecule has 1 saturated heterocycles. The van der Waals surface area contributed by atoms with Crippen LogP contribution in [0.5, 0.6) is 11.5 Å². The van der Waals surface area contributed by atoms with Gasteiger partial charge in [0.1, 0.15) is 18.0 Å². The van der Waals surface area contributed by atoms with Crippen molar-refractivity contribution < 1.29 is 28.2 Å². The summed E-state index contributed by atoms with van der Waals surface area (Å²) in [6.45, 7) is 3.86. The number of urea groups is 1. The van der Waals surface area contributed by atoms with Gasteiger partial charge in [-0.05, 0) is 48.0 Å². The Hall–Kier alpha value is -3.94. The maximum atomic E-state index is 13.2. The first-order chi connectivity index (χ1) is 13.9. The molecule has 2 aromatic carbocycles. The molecule has 148 valence electrons. The van der Waals surface area contributed by atoms with Gasteiger partial charge >= 0.3 is 6.03 Å². The zero-order valence-electron chi connectivity index (χ0n) is 15.5. The van der Waals surface area contributed by atoms with Crippen molar-refractivity contribution in [1.29, 1.82) is 0 Å². The second-order valence-electron chi connectivity index (χ2n) is 5.94. The largest absolute Gasteiger partial charge is 0.493 e. The van der Waals surface area contributed by atoms with E-state index in [4.69, 9.17) is 9.47 Å². The van der Waals surface area contributed by atoms with E-state index in [1.807, 2.05) is 0 Å². The molecule has 4 amide bonds. The molecule has 8 heteroatoms. The van der Waals surface area contributed by atoms with E-state index < -0.39 is 23.7 Å². The summed E-state index contributed by atoms with van der Waals surface area (Å²) in [4.78, 5) is 38.0. The number of nitrogens with one attached hydrogen (secondary N) is 1. The monoisotopic (exact) mass is 396 g/mol. The molecule has 0 aliphatic carbocycles. The third-order valence-electron chi connectivity index (χ3n) is 4.04. The summed E-state index contributed by atoms with van der Waals surface area (Å²) in [5.74, 6) is -1.30. The standard InChI is InChI=1S/C21H17FN2O5/c1-3-10-29-17-9-4-13(12-18(17)28-2)11-16-19(25)23-21(27)24(20(16)26)15-7-5-14(22)6-8-15/h3-9,11-12H,1,10H2,2H3,(H,23,25,27)/b16-11+. The lowest BCUT2D eigenvalue weighted by Crippen LogP contribution is -2.54. The van der Waals surface area contributed by atoms with Gasteiger partial charge in [0.05, 0.1) is 12.8 Å². The zero-order chi connectivity index (χ0) is 21.0. The van der Waals surface area contributed by atoms with Gasteiger partial charge in [0.25, 0.3) is 11.8 Å². The Morgan fingerprint density at radius 3 is 2.48 bits per heavy atom. The molecule has 1 heterocycles. The predicted molar refractivity (Wildman–Crippen MR) is 104 cm³/mol. The molecule has 0 atom stereocenters. The summed E-state index contributed by atoms with van der Waals surface area (Å²) in [6, 6.07) is 8.71. The van der Waals surface area contributed by atoms with Gasteiger partial charge in [-0.2, -0.15) is 0 Å². The number of hydrogen-bond acceptors (Lipinski definition) is 5. The van der Waals surface area contributed by atoms with Crippen LogP contribution in [0.2, 0.25) is 0 Å². The molecule has 1 N–H and O–H groups in total. The first kappa shape index (κ1) is 19.8. The van der Waals surface area contributed by atoms with E-state index in [0.717, 1.165) is 17.0 Å². The van der Waals surface area contributed by atoms with E-state index in [1.54, 1.807) is 24.3 Å². The van der Waals surface area contributed by atoms with E-state index >= 15 is 0 Å². The Labute approximate surface area is 166 Å². The van der Waals surface area contributed by atoms with Gasteiger partial charge in [-0.15, -0.1) is 0 Å². The number of barbiturate groups is 1. The molecular weight excluding hydrogens is 379 g/mol. The minimum Gasteiger partial charge on any atom is -0.493 e. The van der Waals surface area contributed by atoms with Crippen LogP contribution in [0.25, 0.3) is 6.08 Å². The number of carbonyl (C=O) groups excluding carboxylic acids is 3. The normalized spacial score (nSPS) is 15.3. The van der Waals surface area contributed by atoms with Gasteiger partial charge < -0.3 is 9.47 Å². The molecule has 0 saturated carbocycles. The first-order valence-electron chi connectivity index (χ1n) is 8.53. The van der Waals surface area contributed by atoms with Crippen molar-refractivity contribution in [3.8, 4) is 11.5 Å². The molecule has 7 nitrogen and oxygen atoms in total. The van der Waals surface area contributed by atoms with Crippen molar-refractivity contribution in [1.82, 2.24) is 5.32 Å². The van der Waals surface area contributed by atoms with Crippen molar-refractivity contribution in [2.75, 3.05) is 18.6 Å². The maximum Gasteiger partial charge on any atom is 0.335 e. The molecule has 3 rings (SSSR count). The lowest BCUT2D eigenvalue weighted by molar-refractivity contribution is -0.122. The third kappa shape index (κ3) is 4.16. The first-order valence-corrected chi connectivity index (χ1v) is 8.53. The van der Waals surface area contributed by atoms with Crippen molar-refractivity contribution in [2.45, 2.75) is 0 Å². The lowest BCUT2D eigenvalue weighted by Gasteiger charge is -2.26. The Morgan fingerprint density at radius 2 is 1.83 bits per heavy atom. The van der Waals surface area contributed by atoms with Crippen LogP contribution in [-0.2, 0) is 9.59 Å². The molecule has 2 aromatic rings. The Kier molecular flexibility index (Phi) is 5.73. The fourth-order valence-electron chi connectivity index (χ4n) is 2.69. The molecule has 0 unspecified atom stereocenters. The molecule has 1 aliphatic heterocycles. The summed E-state index contributed by atoms with van der Waals surface area (Å²) in [5, 5.41) is 2.11. The number of imide groups is 2. The fourth-order valence-corrected chi connectivity index (χ4v) is 2.69. The molecule has 29 heavy (non-hydrogen) atoms. The van der Waals surface area contributed by atoms with Crippen LogP contribution in [0.1, 0.15) is 5.56 Å². The van der Waals surface area contributed by atoms with Gasteiger partial charge in [0, 0.05) is 0 Å². The number of anilines is 1. The van der Waals surface area contributed by atoms with Crippen LogP contribution in [0.15, 0.2) is 60.7 Å². The predicted octanol–water partition coefficient (Wildman–Crippen LogP) is 3.07. The van der Waals surface area contributed by atoms with Crippen LogP contribution in [-0.4, -0.2) is 31.6 Å². The number of amides is 4. The summed E-state index contributed by atoms with van der Waals surface area (Å²) in [6.07, 6.45) is 2.92. The SMILES string of the molecule is C=CCOc1ccc(/C=C2\C(=O)NC(=O)N(c3ccc(F)cc3)C2=O)cc1OC. The quantitative estimate of drug-likeness (QED) is 0.461. The van der Waals surface area contributed by atoms with E-state index in [-0.39, 0.29) is 17.9 Å². The average molecular weight is 396 g/mol. The number of ether oxygens (including phenoxy) is 2. The maximum absolute atomic E-state index is 13.2. The van der Waals surface area contributed by atoms with E-state index in [1.165, 1.54) is 25.3 Å². The minimum absolute atomic E-state index is 0.137. The van der Waals surface area contributed by atoms with Crippen molar-refractivity contribution in [2.24, 2.45) is 0 Å². The number of carbonyl (C=O) groups is 3. The van der Waals surface area contributed by atoms with Crippen molar-refractivity contribution >= 4 is 29.6 Å². The number of nitrogens with zero attached hydrogens (tertiary/aromatic N) is 1. The third-order valence-corrected chi connectivity index (χ3v) is 4.04. The molecule has 0 aromatic heterocycles. The average Bonchev–Trinajstić information content (AvgIpc) is 2.71. The summed E-state index contributed by atoms with van der Waals surface area (Å²) >= 11 is 0. The molecule has 1 fully saturated rings. The van der Waals surface area contributed by atoms with E-state index in [2.05, 4.69) is 11.9 Å². The van der Waals surface area contributed by atoms with Crippen LogP contribution >= 0.6 is 0 Å². The lowest BCUT2D eigenvalue weighted by atomic mass is 10.1. The highest BCUT2D eigenvalue weighted by atomic mass is 19.1. The summed E-state index contributed by atoms with van der Waals surface area (Å²) in [5.41, 5.74) is 0.369. The Balaban J connectivity index is 1.96. The molecule has 0 spiro atoms. The highest BCUT2D eigenvalue weighted by Crippen LogP contribution is 2.30. The van der Waals surface area contributed by atoms with Crippen LogP contribution in [0, 0.1) is 5.82 Å². The minimum atomic E-state index is -0.908. The number of hydrogen-bond donors (Lipinski definition) is 1. The topological polar surface area (TPSA) is 84.9 Å². The highest BCUT2D eigenvalue weighted by molar-refractivity contribution is 6.39. The van der Waals surface area contributed by atoms with E-state index in [9.17, 15) is 18.8 Å². The number of halogens is 1. The fraction of sp³-hybridized carbons (Fsp3) is 0.0952. The van der Waals surface area contributed by atoms with Gasteiger partial charge in [0.2, 0.25) is 0 Å². The highest BCUT2D eigenvalue weighted by Gasteiger charge is 2.36. The number of rotatable bonds is 6. The molecule has 0 bridgehead atoms. The second kappa shape index (κ2) is 8.39. The molecule has 0 radical (unpaired) electrons. The smallest absolute Gasteiger partial charge is 0.335 e. The van der Waals surface area contributed by atoms with Crippen molar-refractivity contribution in [3.05, 3.63) is 72.1 Å². The van der Waals surface area contributed by atoms with Gasteiger partial charge in [-0.1, -0.05) is 18.7 Å². The van der Waals surface area contributed by atoms with Crippen molar-refractivity contribution in [3.63, 3.8) is 0 Å². The zero-order valence-corrected chi connectivity index (χ0v) is 15.5. The Morgan fingerprint density at radius 1 is 1.10 bits per heavy atom. The van der Waals surface area contributed by atoms with Gasteiger partial charge in [-0.25, -0.2) is 14.1 Å². The number of methoxy groups -OCH3 is 1. The van der Waals surface area contributed by atoms with Crippen LogP contribution in [0.3, 0.4) is 0 Å². The van der Waals surface area contributed by atoms with Crippen LogP contribution < -0.4 is 19.7 Å². The van der Waals surface area contributed by atoms with Gasteiger partial charge in [-0.3, -0.25) is 14.9 Å². The summed E-state index contributed by atoms with van der Waals surface area (Å²) in [7, 11) is 1.46.